The fourth-order valence-electron chi connectivity index (χ4n) is 2.51. The number of hydrogen-bond acceptors (Lipinski definition) is 2. The number of unbranched alkanes of at least 4 members (excludes halogenated alkanes) is 2. The number of rotatable bonds is 9. The highest BCUT2D eigenvalue weighted by molar-refractivity contribution is 5.25. The maximum Gasteiger partial charge on any atom is 0.0945 e. The van der Waals surface area contributed by atoms with Gasteiger partial charge in [0.15, 0.2) is 0 Å². The molecule has 1 rings (SSSR count). The molecule has 0 aliphatic carbocycles. The zero-order valence-corrected chi connectivity index (χ0v) is 13.5. The summed E-state index contributed by atoms with van der Waals surface area (Å²) < 4.78 is 0. The monoisotopic (exact) mass is 277 g/mol. The molecule has 1 aromatic rings. The standard InChI is InChI=1S/C18H31NO/c1-5-7-8-13-19-17(14(3)4)18(20)16-11-9-15(6-2)10-12-16/h9-12,14,17-20H,5-8,13H2,1-4H3. The Labute approximate surface area is 124 Å². The lowest BCUT2D eigenvalue weighted by molar-refractivity contribution is 0.105. The molecule has 114 valence electrons. The van der Waals surface area contributed by atoms with Gasteiger partial charge in [-0.15, -0.1) is 0 Å². The molecule has 0 aliphatic heterocycles. The summed E-state index contributed by atoms with van der Waals surface area (Å²) in [7, 11) is 0. The first-order valence-electron chi connectivity index (χ1n) is 8.10. The van der Waals surface area contributed by atoms with E-state index in [0.717, 1.165) is 18.5 Å². The minimum absolute atomic E-state index is 0.124. The topological polar surface area (TPSA) is 32.3 Å². The molecule has 1 aromatic carbocycles. The first-order chi connectivity index (χ1) is 9.60. The van der Waals surface area contributed by atoms with Crippen LogP contribution in [-0.4, -0.2) is 17.7 Å². The van der Waals surface area contributed by atoms with Gasteiger partial charge < -0.3 is 10.4 Å². The van der Waals surface area contributed by atoms with E-state index < -0.39 is 6.10 Å². The van der Waals surface area contributed by atoms with E-state index in [1.54, 1.807) is 0 Å². The van der Waals surface area contributed by atoms with Gasteiger partial charge in [-0.2, -0.15) is 0 Å². The maximum atomic E-state index is 10.6. The Balaban J connectivity index is 2.64. The van der Waals surface area contributed by atoms with Crippen molar-refractivity contribution >= 4 is 0 Å². The third-order valence-corrected chi connectivity index (χ3v) is 3.95. The summed E-state index contributed by atoms with van der Waals surface area (Å²) in [5.41, 5.74) is 2.34. The highest BCUT2D eigenvalue weighted by Gasteiger charge is 2.23. The maximum absolute atomic E-state index is 10.6. The minimum Gasteiger partial charge on any atom is -0.387 e. The average molecular weight is 277 g/mol. The largest absolute Gasteiger partial charge is 0.387 e. The SMILES string of the molecule is CCCCCNC(C(C)C)C(O)c1ccc(CC)cc1. The molecule has 0 spiro atoms. The van der Waals surface area contributed by atoms with E-state index in [-0.39, 0.29) is 6.04 Å². The second kappa shape index (κ2) is 9.15. The van der Waals surface area contributed by atoms with E-state index in [0.29, 0.717) is 5.92 Å². The number of aliphatic hydroxyl groups is 1. The second-order valence-corrected chi connectivity index (χ2v) is 5.97. The zero-order chi connectivity index (χ0) is 15.0. The van der Waals surface area contributed by atoms with Crippen molar-refractivity contribution in [2.24, 2.45) is 5.92 Å². The van der Waals surface area contributed by atoms with Crippen molar-refractivity contribution in [2.75, 3.05) is 6.54 Å². The Morgan fingerprint density at radius 1 is 1.05 bits per heavy atom. The molecule has 0 radical (unpaired) electrons. The van der Waals surface area contributed by atoms with Crippen molar-refractivity contribution < 1.29 is 5.11 Å². The molecule has 0 amide bonds. The number of aliphatic hydroxyl groups excluding tert-OH is 1. The summed E-state index contributed by atoms with van der Waals surface area (Å²) in [6.07, 6.45) is 4.27. The molecule has 2 heteroatoms. The predicted octanol–water partition coefficient (Wildman–Crippen LogP) is 4.09. The first-order valence-corrected chi connectivity index (χ1v) is 8.10. The van der Waals surface area contributed by atoms with Crippen LogP contribution in [0.5, 0.6) is 0 Å². The quantitative estimate of drug-likeness (QED) is 0.666. The van der Waals surface area contributed by atoms with Gasteiger partial charge in [0.1, 0.15) is 0 Å². The van der Waals surface area contributed by atoms with Crippen LogP contribution in [0, 0.1) is 5.92 Å². The highest BCUT2D eigenvalue weighted by Crippen LogP contribution is 2.22. The van der Waals surface area contributed by atoms with Crippen LogP contribution in [-0.2, 0) is 6.42 Å². The third-order valence-electron chi connectivity index (χ3n) is 3.95. The van der Waals surface area contributed by atoms with Crippen LogP contribution < -0.4 is 5.32 Å². The van der Waals surface area contributed by atoms with Gasteiger partial charge in [0.2, 0.25) is 0 Å². The fraction of sp³-hybridized carbons (Fsp3) is 0.667. The molecule has 2 unspecified atom stereocenters. The molecular formula is C18H31NO. The van der Waals surface area contributed by atoms with Crippen molar-refractivity contribution in [1.82, 2.24) is 5.32 Å². The number of hydrogen-bond donors (Lipinski definition) is 2. The summed E-state index contributed by atoms with van der Waals surface area (Å²) in [5.74, 6) is 0.414. The lowest BCUT2D eigenvalue weighted by Crippen LogP contribution is -2.39. The van der Waals surface area contributed by atoms with Crippen LogP contribution in [0.15, 0.2) is 24.3 Å². The van der Waals surface area contributed by atoms with Gasteiger partial charge in [-0.25, -0.2) is 0 Å². The number of aryl methyl sites for hydroxylation is 1. The van der Waals surface area contributed by atoms with Crippen LogP contribution in [0.1, 0.15) is 64.2 Å². The Hall–Kier alpha value is -0.860. The molecule has 2 N–H and O–H groups in total. The van der Waals surface area contributed by atoms with Crippen molar-refractivity contribution in [3.05, 3.63) is 35.4 Å². The molecule has 0 aromatic heterocycles. The average Bonchev–Trinajstić information content (AvgIpc) is 2.46. The zero-order valence-electron chi connectivity index (χ0n) is 13.5. The Bertz CT molecular complexity index is 358. The van der Waals surface area contributed by atoms with E-state index >= 15 is 0 Å². The Morgan fingerprint density at radius 2 is 1.70 bits per heavy atom. The summed E-state index contributed by atoms with van der Waals surface area (Å²) in [6.45, 7) is 9.69. The van der Waals surface area contributed by atoms with E-state index in [4.69, 9.17) is 0 Å². The van der Waals surface area contributed by atoms with Gasteiger partial charge in [0, 0.05) is 6.04 Å². The van der Waals surface area contributed by atoms with Gasteiger partial charge in [-0.1, -0.05) is 64.8 Å². The summed E-state index contributed by atoms with van der Waals surface area (Å²) in [5, 5.41) is 14.1. The fourth-order valence-corrected chi connectivity index (χ4v) is 2.51. The van der Waals surface area contributed by atoms with Gasteiger partial charge in [-0.05, 0) is 36.4 Å². The minimum atomic E-state index is -0.428. The highest BCUT2D eigenvalue weighted by atomic mass is 16.3. The van der Waals surface area contributed by atoms with Crippen molar-refractivity contribution in [3.63, 3.8) is 0 Å². The predicted molar refractivity (Wildman–Crippen MR) is 86.9 cm³/mol. The van der Waals surface area contributed by atoms with Crippen LogP contribution in [0.2, 0.25) is 0 Å². The lowest BCUT2D eigenvalue weighted by atomic mass is 9.92. The van der Waals surface area contributed by atoms with Crippen molar-refractivity contribution in [3.8, 4) is 0 Å². The summed E-state index contributed by atoms with van der Waals surface area (Å²) >= 11 is 0. The van der Waals surface area contributed by atoms with Crippen LogP contribution in [0.25, 0.3) is 0 Å². The van der Waals surface area contributed by atoms with Crippen LogP contribution >= 0.6 is 0 Å². The van der Waals surface area contributed by atoms with E-state index in [9.17, 15) is 5.11 Å². The molecule has 0 aliphatic rings. The smallest absolute Gasteiger partial charge is 0.0945 e. The molecule has 20 heavy (non-hydrogen) atoms. The van der Waals surface area contributed by atoms with E-state index in [1.165, 1.54) is 24.8 Å². The third kappa shape index (κ3) is 5.26. The first kappa shape index (κ1) is 17.2. The molecule has 2 atom stereocenters. The van der Waals surface area contributed by atoms with Gasteiger partial charge in [0.05, 0.1) is 6.10 Å². The van der Waals surface area contributed by atoms with Gasteiger partial charge in [-0.3, -0.25) is 0 Å². The molecule has 0 saturated carbocycles. The summed E-state index contributed by atoms with van der Waals surface area (Å²) in [6, 6.07) is 8.48. The van der Waals surface area contributed by atoms with Crippen molar-refractivity contribution in [1.29, 1.82) is 0 Å². The normalized spacial score (nSPS) is 14.5. The van der Waals surface area contributed by atoms with Gasteiger partial charge >= 0.3 is 0 Å². The Kier molecular flexibility index (Phi) is 7.86. The summed E-state index contributed by atoms with van der Waals surface area (Å²) in [4.78, 5) is 0. The van der Waals surface area contributed by atoms with E-state index in [2.05, 4.69) is 57.3 Å². The van der Waals surface area contributed by atoms with Gasteiger partial charge in [0.25, 0.3) is 0 Å². The van der Waals surface area contributed by atoms with Crippen molar-refractivity contribution in [2.45, 2.75) is 65.5 Å². The molecule has 0 fully saturated rings. The van der Waals surface area contributed by atoms with Crippen LogP contribution in [0.3, 0.4) is 0 Å². The van der Waals surface area contributed by atoms with Crippen LogP contribution in [0.4, 0.5) is 0 Å². The molecule has 0 heterocycles. The Morgan fingerprint density at radius 3 is 2.20 bits per heavy atom. The molecule has 0 bridgehead atoms. The molecule has 2 nitrogen and oxygen atoms in total. The second-order valence-electron chi connectivity index (χ2n) is 5.97. The molecular weight excluding hydrogens is 246 g/mol. The molecule has 0 saturated heterocycles. The van der Waals surface area contributed by atoms with E-state index in [1.807, 2.05) is 0 Å². The number of nitrogens with one attached hydrogen (secondary N) is 1. The lowest BCUT2D eigenvalue weighted by Gasteiger charge is -2.28. The number of benzene rings is 1.